The van der Waals surface area contributed by atoms with Gasteiger partial charge in [-0.15, -0.1) is 0 Å². The fourth-order valence-electron chi connectivity index (χ4n) is 3.34. The zero-order chi connectivity index (χ0) is 18.4. The normalized spacial score (nSPS) is 18.4. The van der Waals surface area contributed by atoms with E-state index in [4.69, 9.17) is 0 Å². The van der Waals surface area contributed by atoms with Crippen LogP contribution in [0.2, 0.25) is 0 Å². The van der Waals surface area contributed by atoms with E-state index in [1.54, 1.807) is 0 Å². The maximum Gasteiger partial charge on any atom is 0.220 e. The number of amides is 1. The molecule has 0 spiro atoms. The van der Waals surface area contributed by atoms with Crippen molar-refractivity contribution in [2.75, 3.05) is 11.9 Å². The molecule has 1 N–H and O–H groups in total. The lowest BCUT2D eigenvalue weighted by Gasteiger charge is -2.21. The van der Waals surface area contributed by atoms with Crippen LogP contribution in [0.3, 0.4) is 0 Å². The van der Waals surface area contributed by atoms with Crippen LogP contribution in [0.4, 0.5) is 5.69 Å². The van der Waals surface area contributed by atoms with E-state index in [0.717, 1.165) is 36.7 Å². The Hall–Kier alpha value is -2.17. The molecule has 0 saturated heterocycles. The van der Waals surface area contributed by atoms with Gasteiger partial charge in [-0.05, 0) is 29.9 Å². The molecule has 0 radical (unpaired) electrons. The molecular formula is C20H28N2O3. The maximum atomic E-state index is 12.0. The minimum Gasteiger partial charge on any atom is -0.364 e. The summed E-state index contributed by atoms with van der Waals surface area (Å²) in [4.78, 5) is 36.6. The van der Waals surface area contributed by atoms with Gasteiger partial charge in [-0.2, -0.15) is 0 Å². The fraction of sp³-hybridized carbons (Fsp3) is 0.550. The van der Waals surface area contributed by atoms with Crippen LogP contribution in [0.15, 0.2) is 18.2 Å². The molecule has 1 aromatic carbocycles. The first-order valence-electron chi connectivity index (χ1n) is 9.03. The number of rotatable bonds is 9. The summed E-state index contributed by atoms with van der Waals surface area (Å²) >= 11 is 0. The van der Waals surface area contributed by atoms with Crippen molar-refractivity contribution in [2.24, 2.45) is 5.92 Å². The van der Waals surface area contributed by atoms with E-state index in [2.05, 4.69) is 5.32 Å². The Bertz CT molecular complexity index is 629. The van der Waals surface area contributed by atoms with Crippen LogP contribution in [0, 0.1) is 5.92 Å². The molecule has 0 aromatic heterocycles. The molecule has 3 unspecified atom stereocenters. The molecule has 2 rings (SSSR count). The maximum absolute atomic E-state index is 12.0. The first-order valence-corrected chi connectivity index (χ1v) is 9.03. The monoisotopic (exact) mass is 344 g/mol. The van der Waals surface area contributed by atoms with Gasteiger partial charge in [-0.25, -0.2) is 0 Å². The number of benzene rings is 1. The molecule has 25 heavy (non-hydrogen) atoms. The molecule has 1 aliphatic heterocycles. The summed E-state index contributed by atoms with van der Waals surface area (Å²) in [5.74, 6) is 0.251. The highest BCUT2D eigenvalue weighted by atomic mass is 16.2. The lowest BCUT2D eigenvalue weighted by Crippen LogP contribution is -2.37. The smallest absolute Gasteiger partial charge is 0.220 e. The number of para-hydroxylation sites is 1. The number of nitrogens with one attached hydrogen (secondary N) is 1. The largest absolute Gasteiger partial charge is 0.364 e. The predicted octanol–water partition coefficient (Wildman–Crippen LogP) is 2.30. The Morgan fingerprint density at radius 3 is 2.80 bits per heavy atom. The van der Waals surface area contributed by atoms with Crippen LogP contribution < -0.4 is 10.2 Å². The van der Waals surface area contributed by atoms with Gasteiger partial charge in [0.1, 0.15) is 12.6 Å². The van der Waals surface area contributed by atoms with E-state index in [0.29, 0.717) is 25.2 Å². The molecule has 5 nitrogen and oxygen atoms in total. The van der Waals surface area contributed by atoms with Crippen LogP contribution in [-0.4, -0.2) is 37.6 Å². The van der Waals surface area contributed by atoms with E-state index in [1.165, 1.54) is 5.56 Å². The van der Waals surface area contributed by atoms with Crippen molar-refractivity contribution in [1.82, 2.24) is 5.32 Å². The van der Waals surface area contributed by atoms with Gasteiger partial charge in [0.2, 0.25) is 5.91 Å². The first kappa shape index (κ1) is 19.2. The zero-order valence-electron chi connectivity index (χ0n) is 15.3. The van der Waals surface area contributed by atoms with Gasteiger partial charge in [0.05, 0.1) is 12.1 Å². The topological polar surface area (TPSA) is 66.5 Å². The van der Waals surface area contributed by atoms with Crippen molar-refractivity contribution >= 4 is 24.2 Å². The van der Waals surface area contributed by atoms with E-state index in [1.807, 2.05) is 44.0 Å². The number of hydrogen-bond donors (Lipinski definition) is 1. The van der Waals surface area contributed by atoms with Crippen molar-refractivity contribution in [2.45, 2.75) is 58.0 Å². The van der Waals surface area contributed by atoms with Crippen molar-refractivity contribution in [1.29, 1.82) is 0 Å². The number of aryl methyl sites for hydroxylation is 1. The van der Waals surface area contributed by atoms with E-state index in [9.17, 15) is 14.4 Å². The number of hydrogen-bond acceptors (Lipinski definition) is 4. The van der Waals surface area contributed by atoms with Gasteiger partial charge in [0, 0.05) is 25.6 Å². The summed E-state index contributed by atoms with van der Waals surface area (Å²) in [6.07, 6.45) is 5.16. The highest BCUT2D eigenvalue weighted by molar-refractivity contribution is 5.80. The molecule has 1 amide bonds. The highest BCUT2D eigenvalue weighted by Gasteiger charge is 2.28. The predicted molar refractivity (Wildman–Crippen MR) is 98.8 cm³/mol. The molecule has 136 valence electrons. The van der Waals surface area contributed by atoms with Crippen LogP contribution >= 0.6 is 0 Å². The molecule has 1 aliphatic rings. The van der Waals surface area contributed by atoms with Crippen molar-refractivity contribution < 1.29 is 14.4 Å². The van der Waals surface area contributed by atoms with Crippen molar-refractivity contribution in [3.05, 3.63) is 29.3 Å². The van der Waals surface area contributed by atoms with E-state index >= 15 is 0 Å². The number of carbonyl (C=O) groups excluding carboxylic acids is 3. The van der Waals surface area contributed by atoms with Crippen LogP contribution in [0.25, 0.3) is 0 Å². The number of nitrogens with zero attached hydrogens (tertiary/aromatic N) is 1. The average molecular weight is 344 g/mol. The third-order valence-corrected chi connectivity index (χ3v) is 5.11. The Kier molecular flexibility index (Phi) is 6.73. The van der Waals surface area contributed by atoms with Gasteiger partial charge >= 0.3 is 0 Å². The second-order valence-electron chi connectivity index (χ2n) is 7.01. The van der Waals surface area contributed by atoms with Gasteiger partial charge in [0.15, 0.2) is 0 Å². The Morgan fingerprint density at radius 1 is 1.40 bits per heavy atom. The molecule has 0 fully saturated rings. The molecule has 0 saturated carbocycles. The Morgan fingerprint density at radius 2 is 2.16 bits per heavy atom. The van der Waals surface area contributed by atoms with E-state index < -0.39 is 6.04 Å². The number of likely N-dealkylation sites (N-methyl/N-ethyl adjacent to an activating group) is 1. The summed E-state index contributed by atoms with van der Waals surface area (Å²) in [6.45, 7) is 4.08. The van der Waals surface area contributed by atoms with Gasteiger partial charge < -0.3 is 19.8 Å². The van der Waals surface area contributed by atoms with Crippen molar-refractivity contribution in [3.8, 4) is 0 Å². The number of carbonyl (C=O) groups is 3. The molecule has 0 aliphatic carbocycles. The molecule has 3 atom stereocenters. The molecule has 5 heteroatoms. The summed E-state index contributed by atoms with van der Waals surface area (Å²) < 4.78 is 0. The van der Waals surface area contributed by atoms with Gasteiger partial charge in [-0.1, -0.05) is 38.5 Å². The molecule has 1 heterocycles. The first-order chi connectivity index (χ1) is 12.0. The summed E-state index contributed by atoms with van der Waals surface area (Å²) in [7, 11) is 1.93. The standard InChI is InChI=1S/C20H28N2O3/c1-4-14(2)10-19(25)21-17(12-23)9-8-15-6-5-7-16-11-18(13-24)22(3)20(15)16/h5-7,12-14,17-18H,4,8-11H2,1-3H3,(H,21,25). The summed E-state index contributed by atoms with van der Waals surface area (Å²) in [6, 6.07) is 5.48. The van der Waals surface area contributed by atoms with E-state index in [-0.39, 0.29) is 11.9 Å². The van der Waals surface area contributed by atoms with Crippen LogP contribution in [-0.2, 0) is 27.2 Å². The average Bonchev–Trinajstić information content (AvgIpc) is 2.95. The van der Waals surface area contributed by atoms with Crippen LogP contribution in [0.1, 0.15) is 44.2 Å². The number of fused-ring (bicyclic) bond motifs is 1. The summed E-state index contributed by atoms with van der Waals surface area (Å²) in [5, 5.41) is 2.82. The second kappa shape index (κ2) is 8.79. The molecular weight excluding hydrogens is 316 g/mol. The van der Waals surface area contributed by atoms with Gasteiger partial charge in [-0.3, -0.25) is 4.79 Å². The Balaban J connectivity index is 1.99. The third-order valence-electron chi connectivity index (χ3n) is 5.11. The second-order valence-corrected chi connectivity index (χ2v) is 7.01. The van der Waals surface area contributed by atoms with Crippen LogP contribution in [0.5, 0.6) is 0 Å². The molecule has 0 bridgehead atoms. The minimum atomic E-state index is -0.471. The minimum absolute atomic E-state index is 0.0668. The lowest BCUT2D eigenvalue weighted by molar-refractivity contribution is -0.124. The third kappa shape index (κ3) is 4.68. The lowest BCUT2D eigenvalue weighted by atomic mass is 10.00. The number of aldehydes is 2. The quantitative estimate of drug-likeness (QED) is 0.698. The fourth-order valence-corrected chi connectivity index (χ4v) is 3.34. The number of anilines is 1. The zero-order valence-corrected chi connectivity index (χ0v) is 15.3. The highest BCUT2D eigenvalue weighted by Crippen LogP contribution is 2.34. The van der Waals surface area contributed by atoms with Crippen molar-refractivity contribution in [3.63, 3.8) is 0 Å². The SMILES string of the molecule is CCC(C)CC(=O)NC(C=O)CCc1cccc2c1N(C)C(C=O)C2. The molecule has 1 aromatic rings. The Labute approximate surface area is 149 Å². The summed E-state index contributed by atoms with van der Waals surface area (Å²) in [5.41, 5.74) is 3.38. The van der Waals surface area contributed by atoms with Gasteiger partial charge in [0.25, 0.3) is 0 Å².